The van der Waals surface area contributed by atoms with Gasteiger partial charge in [0, 0.05) is 22.8 Å². The van der Waals surface area contributed by atoms with Crippen molar-refractivity contribution in [3.63, 3.8) is 0 Å². The highest BCUT2D eigenvalue weighted by atomic mass is 32.2. The Morgan fingerprint density at radius 2 is 2.20 bits per heavy atom. The lowest BCUT2D eigenvalue weighted by atomic mass is 9.86. The van der Waals surface area contributed by atoms with Crippen LogP contribution < -0.4 is 5.73 Å². The van der Waals surface area contributed by atoms with E-state index in [0.29, 0.717) is 29.6 Å². The van der Waals surface area contributed by atoms with E-state index >= 15 is 0 Å². The molecule has 7 heteroatoms. The molecule has 2 fully saturated rings. The number of thioether (sulfide) groups is 2. The Morgan fingerprint density at radius 1 is 1.40 bits per heavy atom. The molecule has 0 saturated carbocycles. The first-order chi connectivity index (χ1) is 9.65. The molecule has 2 aliphatic heterocycles. The normalized spacial score (nSPS) is 38.2. The summed E-state index contributed by atoms with van der Waals surface area (Å²) in [5.41, 5.74) is 5.78. The summed E-state index contributed by atoms with van der Waals surface area (Å²) in [6, 6.07) is -0.0776. The highest BCUT2D eigenvalue weighted by molar-refractivity contribution is 8.06. The third-order valence-electron chi connectivity index (χ3n) is 4.16. The zero-order valence-electron chi connectivity index (χ0n) is 11.9. The van der Waals surface area contributed by atoms with E-state index in [1.54, 1.807) is 0 Å². The van der Waals surface area contributed by atoms with E-state index in [-0.39, 0.29) is 11.5 Å². The first-order valence-electron chi connectivity index (χ1n) is 7.05. The van der Waals surface area contributed by atoms with E-state index in [9.17, 15) is 0 Å². The van der Waals surface area contributed by atoms with Crippen molar-refractivity contribution in [1.29, 1.82) is 0 Å². The number of hydrogen-bond donors (Lipinski definition) is 1. The van der Waals surface area contributed by atoms with Crippen LogP contribution in [0.2, 0.25) is 0 Å². The van der Waals surface area contributed by atoms with Crippen LogP contribution in [0, 0.1) is 0 Å². The van der Waals surface area contributed by atoms with Gasteiger partial charge in [-0.2, -0.15) is 16.7 Å². The Bertz CT molecular complexity index is 470. The van der Waals surface area contributed by atoms with Gasteiger partial charge in [0.2, 0.25) is 5.89 Å². The summed E-state index contributed by atoms with van der Waals surface area (Å²) < 4.78 is 11.0. The van der Waals surface area contributed by atoms with Gasteiger partial charge in [-0.05, 0) is 13.3 Å². The third-order valence-corrected chi connectivity index (χ3v) is 7.40. The minimum absolute atomic E-state index is 0.0776. The molecular weight excluding hydrogens is 294 g/mol. The standard InChI is InChI=1S/C13H21N3O2S2/c1-3-8-10(20-5-4-19-8)11-15-12(18-16-11)13(2)7-17-6-9(13)14/h8-10H,3-7,14H2,1-2H3. The fourth-order valence-electron chi connectivity index (χ4n) is 2.63. The van der Waals surface area contributed by atoms with Crippen LogP contribution in [0.1, 0.15) is 37.2 Å². The predicted octanol–water partition coefficient (Wildman–Crippen LogP) is 1.98. The molecule has 20 heavy (non-hydrogen) atoms. The van der Waals surface area contributed by atoms with Gasteiger partial charge in [0.05, 0.1) is 23.9 Å². The van der Waals surface area contributed by atoms with Gasteiger partial charge in [0.25, 0.3) is 0 Å². The van der Waals surface area contributed by atoms with Crippen molar-refractivity contribution in [1.82, 2.24) is 10.1 Å². The van der Waals surface area contributed by atoms with Crippen molar-refractivity contribution in [2.75, 3.05) is 24.7 Å². The van der Waals surface area contributed by atoms with Crippen LogP contribution in [-0.4, -0.2) is 46.2 Å². The van der Waals surface area contributed by atoms with E-state index in [1.807, 2.05) is 30.4 Å². The average Bonchev–Trinajstić information content (AvgIpc) is 3.08. The Balaban J connectivity index is 1.82. The van der Waals surface area contributed by atoms with Gasteiger partial charge in [-0.3, -0.25) is 0 Å². The topological polar surface area (TPSA) is 74.2 Å². The minimum atomic E-state index is -0.348. The molecular formula is C13H21N3O2S2. The molecule has 4 atom stereocenters. The number of nitrogens with two attached hydrogens (primary N) is 1. The Labute approximate surface area is 127 Å². The molecule has 0 aromatic carbocycles. The van der Waals surface area contributed by atoms with Crippen molar-refractivity contribution in [2.24, 2.45) is 5.73 Å². The first kappa shape index (κ1) is 14.7. The lowest BCUT2D eigenvalue weighted by Gasteiger charge is -2.27. The predicted molar refractivity (Wildman–Crippen MR) is 82.2 cm³/mol. The van der Waals surface area contributed by atoms with Gasteiger partial charge in [-0.25, -0.2) is 0 Å². The van der Waals surface area contributed by atoms with Crippen LogP contribution in [0.5, 0.6) is 0 Å². The van der Waals surface area contributed by atoms with Crippen LogP contribution in [-0.2, 0) is 10.2 Å². The van der Waals surface area contributed by atoms with Crippen molar-refractivity contribution in [3.8, 4) is 0 Å². The number of rotatable bonds is 3. The molecule has 1 aromatic heterocycles. The molecule has 5 nitrogen and oxygen atoms in total. The Kier molecular flexibility index (Phi) is 4.31. The van der Waals surface area contributed by atoms with Gasteiger partial charge in [-0.15, -0.1) is 11.8 Å². The maximum absolute atomic E-state index is 6.12. The summed E-state index contributed by atoms with van der Waals surface area (Å²) in [6.07, 6.45) is 1.13. The zero-order valence-corrected chi connectivity index (χ0v) is 13.5. The molecule has 4 unspecified atom stereocenters. The summed E-state index contributed by atoms with van der Waals surface area (Å²) in [5.74, 6) is 3.81. The largest absolute Gasteiger partial charge is 0.379 e. The first-order valence-corrected chi connectivity index (χ1v) is 9.15. The van der Waals surface area contributed by atoms with E-state index in [1.165, 1.54) is 5.75 Å². The highest BCUT2D eigenvalue weighted by Gasteiger charge is 2.44. The second kappa shape index (κ2) is 5.87. The van der Waals surface area contributed by atoms with Gasteiger partial charge in [0.1, 0.15) is 0 Å². The molecule has 0 spiro atoms. The molecule has 0 amide bonds. The average molecular weight is 315 g/mol. The number of aromatic nitrogens is 2. The summed E-state index contributed by atoms with van der Waals surface area (Å²) in [4.78, 5) is 4.66. The van der Waals surface area contributed by atoms with Crippen LogP contribution in [0.25, 0.3) is 0 Å². The van der Waals surface area contributed by atoms with Crippen molar-refractivity contribution in [3.05, 3.63) is 11.7 Å². The van der Waals surface area contributed by atoms with Gasteiger partial charge >= 0.3 is 0 Å². The van der Waals surface area contributed by atoms with Crippen LogP contribution >= 0.6 is 23.5 Å². The monoisotopic (exact) mass is 315 g/mol. The molecule has 2 saturated heterocycles. The number of ether oxygens (including phenoxy) is 1. The number of nitrogens with zero attached hydrogens (tertiary/aromatic N) is 2. The van der Waals surface area contributed by atoms with Crippen molar-refractivity contribution in [2.45, 2.75) is 42.2 Å². The van der Waals surface area contributed by atoms with Crippen molar-refractivity contribution >= 4 is 23.5 Å². The van der Waals surface area contributed by atoms with Gasteiger partial charge in [0.15, 0.2) is 5.82 Å². The maximum atomic E-state index is 6.12. The highest BCUT2D eigenvalue weighted by Crippen LogP contribution is 2.43. The molecule has 0 bridgehead atoms. The molecule has 2 N–H and O–H groups in total. The summed E-state index contributed by atoms with van der Waals surface area (Å²) in [7, 11) is 0. The molecule has 112 valence electrons. The Morgan fingerprint density at radius 3 is 2.90 bits per heavy atom. The van der Waals surface area contributed by atoms with Gasteiger partial charge in [-0.1, -0.05) is 12.1 Å². The fourth-order valence-corrected chi connectivity index (χ4v) is 5.62. The number of hydrogen-bond acceptors (Lipinski definition) is 7. The Hall–Kier alpha value is -0.240. The smallest absolute Gasteiger partial charge is 0.236 e. The molecule has 1 aromatic rings. The van der Waals surface area contributed by atoms with Gasteiger partial charge < -0.3 is 15.0 Å². The zero-order chi connectivity index (χ0) is 14.2. The third kappa shape index (κ3) is 2.49. The van der Waals surface area contributed by atoms with Crippen LogP contribution in [0.3, 0.4) is 0 Å². The minimum Gasteiger partial charge on any atom is -0.379 e. The fraction of sp³-hybridized carbons (Fsp3) is 0.846. The second-order valence-corrected chi connectivity index (χ2v) is 8.20. The van der Waals surface area contributed by atoms with Crippen LogP contribution in [0.4, 0.5) is 0 Å². The molecule has 0 radical (unpaired) electrons. The molecule has 2 aliphatic rings. The molecule has 0 aliphatic carbocycles. The van der Waals surface area contributed by atoms with E-state index < -0.39 is 0 Å². The lowest BCUT2D eigenvalue weighted by Crippen LogP contribution is -2.42. The molecule has 3 rings (SSSR count). The summed E-state index contributed by atoms with van der Waals surface area (Å²) >= 11 is 3.95. The van der Waals surface area contributed by atoms with Crippen LogP contribution in [0.15, 0.2) is 4.52 Å². The SMILES string of the molecule is CCC1SCCSC1c1noc(C2(C)COCC2N)n1. The summed E-state index contributed by atoms with van der Waals surface area (Å²) in [6.45, 7) is 5.38. The van der Waals surface area contributed by atoms with E-state index in [0.717, 1.165) is 18.0 Å². The second-order valence-electron chi connectivity index (χ2n) is 5.61. The molecule has 3 heterocycles. The lowest BCUT2D eigenvalue weighted by molar-refractivity contribution is 0.169. The van der Waals surface area contributed by atoms with Crippen molar-refractivity contribution < 1.29 is 9.26 Å². The maximum Gasteiger partial charge on any atom is 0.236 e. The summed E-state index contributed by atoms with van der Waals surface area (Å²) in [5, 5.41) is 5.13. The van der Waals surface area contributed by atoms with E-state index in [4.69, 9.17) is 15.0 Å². The quantitative estimate of drug-likeness (QED) is 0.914. The van der Waals surface area contributed by atoms with E-state index in [2.05, 4.69) is 17.1 Å².